The summed E-state index contributed by atoms with van der Waals surface area (Å²) in [5.41, 5.74) is 0.413. The van der Waals surface area contributed by atoms with Crippen molar-refractivity contribution in [3.05, 3.63) is 23.8 Å². The molecular weight excluding hydrogens is 424 g/mol. The number of benzene rings is 1. The molecule has 2 aliphatic rings. The number of carbonyl (C=O) groups excluding carboxylic acids is 3. The highest BCUT2D eigenvalue weighted by molar-refractivity contribution is 5.97. The summed E-state index contributed by atoms with van der Waals surface area (Å²) in [4.78, 5) is 43.4. The molecule has 9 nitrogen and oxygen atoms in total. The Morgan fingerprint density at radius 2 is 1.45 bits per heavy atom. The molecule has 0 aliphatic carbocycles. The summed E-state index contributed by atoms with van der Waals surface area (Å²) in [6.45, 7) is 9.21. The summed E-state index contributed by atoms with van der Waals surface area (Å²) in [5, 5.41) is 2.70. The molecule has 0 atom stereocenters. The molecule has 2 aliphatic heterocycles. The van der Waals surface area contributed by atoms with Crippen molar-refractivity contribution in [1.29, 1.82) is 0 Å². The van der Waals surface area contributed by atoms with Crippen LogP contribution in [-0.4, -0.2) is 98.0 Å². The maximum absolute atomic E-state index is 12.6. The first-order valence-corrected chi connectivity index (χ1v) is 12.0. The number of hydrogen-bond acceptors (Lipinski definition) is 6. The summed E-state index contributed by atoms with van der Waals surface area (Å²) in [6, 6.07) is 4.99. The predicted molar refractivity (Wildman–Crippen MR) is 125 cm³/mol. The van der Waals surface area contributed by atoms with Gasteiger partial charge in [-0.15, -0.1) is 0 Å². The standard InChI is InChI=1S/C24H36N4O5/c1-3-32-20-9-8-19(16-21(20)33-4-2)24(31)25-17-22(29)28-14-12-26(13-15-28)18-23(30)27-10-6-5-7-11-27/h8-9,16H,3-7,10-15,17-18H2,1-2H3,(H,25,31). The minimum absolute atomic E-state index is 0.0667. The van der Waals surface area contributed by atoms with Crippen LogP contribution in [0.5, 0.6) is 11.5 Å². The molecule has 0 bridgehead atoms. The van der Waals surface area contributed by atoms with Gasteiger partial charge in [0.2, 0.25) is 11.8 Å². The zero-order valence-corrected chi connectivity index (χ0v) is 19.8. The van der Waals surface area contributed by atoms with E-state index in [-0.39, 0.29) is 24.3 Å². The van der Waals surface area contributed by atoms with Gasteiger partial charge in [-0.3, -0.25) is 19.3 Å². The molecule has 2 fully saturated rings. The highest BCUT2D eigenvalue weighted by Gasteiger charge is 2.25. The molecule has 0 spiro atoms. The normalized spacial score (nSPS) is 16.9. The number of piperidine rings is 1. The smallest absolute Gasteiger partial charge is 0.251 e. The maximum atomic E-state index is 12.6. The van der Waals surface area contributed by atoms with Crippen LogP contribution in [0.1, 0.15) is 43.5 Å². The Labute approximate surface area is 196 Å². The molecule has 0 saturated carbocycles. The molecule has 2 heterocycles. The Morgan fingerprint density at radius 1 is 0.818 bits per heavy atom. The summed E-state index contributed by atoms with van der Waals surface area (Å²) in [5.74, 6) is 0.820. The molecule has 182 valence electrons. The van der Waals surface area contributed by atoms with Crippen molar-refractivity contribution in [3.8, 4) is 11.5 Å². The van der Waals surface area contributed by atoms with Gasteiger partial charge in [0.1, 0.15) is 0 Å². The quantitative estimate of drug-likeness (QED) is 0.599. The van der Waals surface area contributed by atoms with E-state index in [0.717, 1.165) is 25.9 Å². The lowest BCUT2D eigenvalue weighted by molar-refractivity contribution is -0.135. The van der Waals surface area contributed by atoms with E-state index >= 15 is 0 Å². The fraction of sp³-hybridized carbons (Fsp3) is 0.625. The molecule has 1 aromatic rings. The maximum Gasteiger partial charge on any atom is 0.251 e. The second-order valence-corrected chi connectivity index (χ2v) is 8.31. The molecule has 1 aromatic carbocycles. The SMILES string of the molecule is CCOc1ccc(C(=O)NCC(=O)N2CCN(CC(=O)N3CCCCC3)CC2)cc1OCC. The average molecular weight is 461 g/mol. The lowest BCUT2D eigenvalue weighted by atomic mass is 10.1. The van der Waals surface area contributed by atoms with Gasteiger partial charge in [-0.25, -0.2) is 0 Å². The highest BCUT2D eigenvalue weighted by atomic mass is 16.5. The third kappa shape index (κ3) is 7.08. The van der Waals surface area contributed by atoms with Gasteiger partial charge in [0.25, 0.3) is 5.91 Å². The van der Waals surface area contributed by atoms with Gasteiger partial charge in [0.05, 0.1) is 26.3 Å². The number of rotatable bonds is 9. The molecule has 3 rings (SSSR count). The van der Waals surface area contributed by atoms with Crippen molar-refractivity contribution in [3.63, 3.8) is 0 Å². The fourth-order valence-electron chi connectivity index (χ4n) is 4.15. The number of amides is 3. The van der Waals surface area contributed by atoms with E-state index in [4.69, 9.17) is 9.47 Å². The number of piperazine rings is 1. The van der Waals surface area contributed by atoms with Crippen LogP contribution in [0.3, 0.4) is 0 Å². The second kappa shape index (κ2) is 12.4. The van der Waals surface area contributed by atoms with Crippen LogP contribution in [0.4, 0.5) is 0 Å². The van der Waals surface area contributed by atoms with Gasteiger partial charge < -0.3 is 24.6 Å². The van der Waals surface area contributed by atoms with Gasteiger partial charge in [-0.2, -0.15) is 0 Å². The first kappa shape index (κ1) is 24.8. The number of hydrogen-bond donors (Lipinski definition) is 1. The topological polar surface area (TPSA) is 91.4 Å². The Bertz CT molecular complexity index is 817. The van der Waals surface area contributed by atoms with Gasteiger partial charge in [-0.05, 0) is 51.3 Å². The van der Waals surface area contributed by atoms with Crippen molar-refractivity contribution < 1.29 is 23.9 Å². The molecule has 9 heteroatoms. The largest absolute Gasteiger partial charge is 0.490 e. The van der Waals surface area contributed by atoms with E-state index in [9.17, 15) is 14.4 Å². The number of nitrogens with one attached hydrogen (secondary N) is 1. The molecule has 0 radical (unpaired) electrons. The number of likely N-dealkylation sites (tertiary alicyclic amines) is 1. The summed E-state index contributed by atoms with van der Waals surface area (Å²) in [6.07, 6.45) is 3.38. The van der Waals surface area contributed by atoms with E-state index in [1.54, 1.807) is 23.1 Å². The minimum Gasteiger partial charge on any atom is -0.490 e. The Morgan fingerprint density at radius 3 is 2.12 bits per heavy atom. The minimum atomic E-state index is -0.335. The highest BCUT2D eigenvalue weighted by Crippen LogP contribution is 2.28. The molecule has 0 aromatic heterocycles. The van der Waals surface area contributed by atoms with E-state index in [0.29, 0.717) is 63.0 Å². The molecule has 33 heavy (non-hydrogen) atoms. The molecule has 0 unspecified atom stereocenters. The summed E-state index contributed by atoms with van der Waals surface area (Å²) < 4.78 is 11.1. The van der Waals surface area contributed by atoms with Gasteiger partial charge >= 0.3 is 0 Å². The van der Waals surface area contributed by atoms with Crippen LogP contribution in [0.25, 0.3) is 0 Å². The fourth-order valence-corrected chi connectivity index (χ4v) is 4.15. The van der Waals surface area contributed by atoms with Gasteiger partial charge in [-0.1, -0.05) is 0 Å². The third-order valence-corrected chi connectivity index (χ3v) is 6.00. The zero-order chi connectivity index (χ0) is 23.6. The van der Waals surface area contributed by atoms with Gasteiger partial charge in [0, 0.05) is 44.8 Å². The second-order valence-electron chi connectivity index (χ2n) is 8.31. The van der Waals surface area contributed by atoms with Crippen LogP contribution >= 0.6 is 0 Å². The monoisotopic (exact) mass is 460 g/mol. The predicted octanol–water partition coefficient (Wildman–Crippen LogP) is 1.37. The van der Waals surface area contributed by atoms with Crippen molar-refractivity contribution in [2.45, 2.75) is 33.1 Å². The molecular formula is C24H36N4O5. The summed E-state index contributed by atoms with van der Waals surface area (Å²) >= 11 is 0. The Hall–Kier alpha value is -2.81. The third-order valence-electron chi connectivity index (χ3n) is 6.00. The van der Waals surface area contributed by atoms with Crippen molar-refractivity contribution in [2.24, 2.45) is 0 Å². The van der Waals surface area contributed by atoms with Crippen molar-refractivity contribution in [2.75, 3.05) is 65.6 Å². The molecule has 3 amide bonds. The van der Waals surface area contributed by atoms with E-state index < -0.39 is 0 Å². The average Bonchev–Trinajstić information content (AvgIpc) is 2.84. The summed E-state index contributed by atoms with van der Waals surface area (Å²) in [7, 11) is 0. The Kier molecular flexibility index (Phi) is 9.35. The van der Waals surface area contributed by atoms with E-state index in [1.807, 2.05) is 18.7 Å². The molecule has 2 saturated heterocycles. The lowest BCUT2D eigenvalue weighted by Crippen LogP contribution is -2.53. The first-order chi connectivity index (χ1) is 16.0. The first-order valence-electron chi connectivity index (χ1n) is 12.0. The van der Waals surface area contributed by atoms with E-state index in [1.165, 1.54) is 6.42 Å². The van der Waals surface area contributed by atoms with Crippen molar-refractivity contribution >= 4 is 17.7 Å². The zero-order valence-electron chi connectivity index (χ0n) is 19.8. The van der Waals surface area contributed by atoms with Crippen molar-refractivity contribution in [1.82, 2.24) is 20.0 Å². The lowest BCUT2D eigenvalue weighted by Gasteiger charge is -2.36. The molecule has 1 N–H and O–H groups in total. The van der Waals surface area contributed by atoms with Crippen LogP contribution < -0.4 is 14.8 Å². The number of carbonyl (C=O) groups is 3. The van der Waals surface area contributed by atoms with Gasteiger partial charge in [0.15, 0.2) is 11.5 Å². The van der Waals surface area contributed by atoms with E-state index in [2.05, 4.69) is 10.2 Å². The van der Waals surface area contributed by atoms with Crippen LogP contribution in [0.2, 0.25) is 0 Å². The van der Waals surface area contributed by atoms with Crippen LogP contribution in [0.15, 0.2) is 18.2 Å². The van der Waals surface area contributed by atoms with Crippen LogP contribution in [0, 0.1) is 0 Å². The number of ether oxygens (including phenoxy) is 2. The van der Waals surface area contributed by atoms with Crippen LogP contribution in [-0.2, 0) is 9.59 Å². The Balaban J connectivity index is 1.43. The number of nitrogens with zero attached hydrogens (tertiary/aromatic N) is 3.